The Morgan fingerprint density at radius 2 is 2.09 bits per heavy atom. The fourth-order valence-corrected chi connectivity index (χ4v) is 4.80. The summed E-state index contributed by atoms with van der Waals surface area (Å²) in [6, 6.07) is 2.34. The summed E-state index contributed by atoms with van der Waals surface area (Å²) in [5, 5.41) is 23.4. The smallest absolute Gasteiger partial charge is 0.249 e. The molecule has 0 unspecified atom stereocenters. The number of carbonyl (C=O) groups is 3. The molecular formula is C25H32N2O8. The van der Waals surface area contributed by atoms with Crippen molar-refractivity contribution in [3.8, 4) is 11.5 Å². The van der Waals surface area contributed by atoms with Gasteiger partial charge in [-0.25, -0.2) is 0 Å². The van der Waals surface area contributed by atoms with Crippen molar-refractivity contribution in [1.82, 2.24) is 10.2 Å². The molecule has 1 fully saturated rings. The maximum absolute atomic E-state index is 13.2. The zero-order valence-corrected chi connectivity index (χ0v) is 19.9. The third-order valence-electron chi connectivity index (χ3n) is 6.67. The number of nitrogens with zero attached hydrogens (tertiary/aromatic N) is 1. The fourth-order valence-electron chi connectivity index (χ4n) is 4.80. The van der Waals surface area contributed by atoms with Crippen molar-refractivity contribution >= 4 is 18.1 Å². The minimum Gasteiger partial charge on any atom is -0.493 e. The van der Waals surface area contributed by atoms with Gasteiger partial charge in [-0.1, -0.05) is 0 Å². The summed E-state index contributed by atoms with van der Waals surface area (Å²) in [4.78, 5) is 39.4. The first-order valence-corrected chi connectivity index (χ1v) is 11.9. The summed E-state index contributed by atoms with van der Waals surface area (Å²) >= 11 is 0. The number of amides is 2. The van der Waals surface area contributed by atoms with Crippen LogP contribution in [-0.2, 0) is 14.3 Å². The number of benzene rings is 1. The largest absolute Gasteiger partial charge is 0.493 e. The molecule has 190 valence electrons. The molecule has 0 radical (unpaired) electrons. The first-order chi connectivity index (χ1) is 16.9. The van der Waals surface area contributed by atoms with Gasteiger partial charge >= 0.3 is 0 Å². The molecule has 0 spiro atoms. The molecule has 10 nitrogen and oxygen atoms in total. The highest BCUT2D eigenvalue weighted by molar-refractivity contribution is 5.96. The van der Waals surface area contributed by atoms with Gasteiger partial charge in [0.2, 0.25) is 11.8 Å². The van der Waals surface area contributed by atoms with E-state index in [0.29, 0.717) is 53.6 Å². The number of aliphatic hydroxyl groups excluding tert-OH is 2. The van der Waals surface area contributed by atoms with Gasteiger partial charge in [0.05, 0.1) is 25.7 Å². The molecule has 1 aromatic carbocycles. The number of nitrogens with one attached hydrogen (secondary N) is 1. The van der Waals surface area contributed by atoms with E-state index in [4.69, 9.17) is 14.2 Å². The molecule has 1 aromatic rings. The molecule has 0 aromatic heterocycles. The monoisotopic (exact) mass is 488 g/mol. The van der Waals surface area contributed by atoms with Crippen LogP contribution in [0.3, 0.4) is 0 Å². The van der Waals surface area contributed by atoms with Crippen molar-refractivity contribution in [3.05, 3.63) is 34.9 Å². The average molecular weight is 489 g/mol. The third-order valence-corrected chi connectivity index (χ3v) is 6.67. The van der Waals surface area contributed by atoms with E-state index in [1.807, 2.05) is 0 Å². The van der Waals surface area contributed by atoms with Crippen LogP contribution in [0.1, 0.15) is 41.6 Å². The molecule has 35 heavy (non-hydrogen) atoms. The molecule has 1 aliphatic heterocycles. The van der Waals surface area contributed by atoms with E-state index >= 15 is 0 Å². The van der Waals surface area contributed by atoms with Gasteiger partial charge in [0.1, 0.15) is 25.1 Å². The molecule has 4 rings (SSSR count). The van der Waals surface area contributed by atoms with Crippen molar-refractivity contribution in [2.24, 2.45) is 5.92 Å². The molecule has 2 aliphatic carbocycles. The Hall–Kier alpha value is -2.95. The molecular weight excluding hydrogens is 456 g/mol. The highest BCUT2D eigenvalue weighted by Gasteiger charge is 2.51. The predicted molar refractivity (Wildman–Crippen MR) is 124 cm³/mol. The molecule has 4 atom stereocenters. The Morgan fingerprint density at radius 3 is 2.71 bits per heavy atom. The molecule has 1 heterocycles. The van der Waals surface area contributed by atoms with Crippen LogP contribution in [0.4, 0.5) is 0 Å². The van der Waals surface area contributed by atoms with Crippen LogP contribution in [0.25, 0.3) is 0 Å². The van der Waals surface area contributed by atoms with E-state index in [-0.39, 0.29) is 25.7 Å². The van der Waals surface area contributed by atoms with Crippen LogP contribution in [0, 0.1) is 5.92 Å². The van der Waals surface area contributed by atoms with Gasteiger partial charge < -0.3 is 34.6 Å². The van der Waals surface area contributed by atoms with E-state index in [9.17, 15) is 24.6 Å². The van der Waals surface area contributed by atoms with Crippen molar-refractivity contribution in [2.45, 2.75) is 43.9 Å². The number of hydrogen-bond donors (Lipinski definition) is 3. The number of aldehydes is 1. The van der Waals surface area contributed by atoms with Crippen molar-refractivity contribution < 1.29 is 38.8 Å². The van der Waals surface area contributed by atoms with E-state index in [0.717, 1.165) is 12.8 Å². The summed E-state index contributed by atoms with van der Waals surface area (Å²) in [5.74, 6) is -0.398. The lowest BCUT2D eigenvalue weighted by Crippen LogP contribution is -2.56. The van der Waals surface area contributed by atoms with Crippen LogP contribution >= 0.6 is 0 Å². The second kappa shape index (κ2) is 10.8. The number of carbonyl (C=O) groups excluding carboxylic acids is 3. The summed E-state index contributed by atoms with van der Waals surface area (Å²) in [6.07, 6.45) is 2.26. The molecule has 3 aliphatic rings. The Bertz CT molecular complexity index is 1010. The second-order valence-electron chi connectivity index (χ2n) is 9.03. The van der Waals surface area contributed by atoms with Crippen LogP contribution in [-0.4, -0.2) is 91.5 Å². The third kappa shape index (κ3) is 5.05. The lowest BCUT2D eigenvalue weighted by atomic mass is 9.77. The first-order valence-electron chi connectivity index (χ1n) is 11.9. The summed E-state index contributed by atoms with van der Waals surface area (Å²) in [7, 11) is 1.45. The number of hydrogen-bond acceptors (Lipinski definition) is 8. The Balaban J connectivity index is 1.77. The van der Waals surface area contributed by atoms with E-state index in [1.165, 1.54) is 13.2 Å². The van der Waals surface area contributed by atoms with Gasteiger partial charge in [-0.3, -0.25) is 14.4 Å². The van der Waals surface area contributed by atoms with E-state index in [1.54, 1.807) is 24.0 Å². The molecule has 3 N–H and O–H groups in total. The van der Waals surface area contributed by atoms with E-state index in [2.05, 4.69) is 5.32 Å². The normalized spacial score (nSPS) is 24.5. The Kier molecular flexibility index (Phi) is 7.73. The van der Waals surface area contributed by atoms with Gasteiger partial charge in [-0.15, -0.1) is 0 Å². The van der Waals surface area contributed by atoms with Crippen LogP contribution in [0.15, 0.2) is 23.8 Å². The highest BCUT2D eigenvalue weighted by atomic mass is 16.5. The standard InChI is InChI=1S/C25H32N2O8/c1-3-34-13-20(30)27(11-14-4-5-14)18-10-17(25(32)26-6-7-28)21-16-8-15(12-29)9-19(33-2)23(16)35-24(21)22(18)31/h8-10,12,14,18,21-22,24,28,31H,3-7,11,13H2,1-2H3,(H,26,32)/t18-,21+,22+,24+/m1/s1. The lowest BCUT2D eigenvalue weighted by molar-refractivity contribution is -0.142. The second-order valence-corrected chi connectivity index (χ2v) is 9.03. The van der Waals surface area contributed by atoms with Crippen molar-refractivity contribution in [2.75, 3.05) is 40.0 Å². The summed E-state index contributed by atoms with van der Waals surface area (Å²) in [5.41, 5.74) is 1.19. The number of fused-ring (bicyclic) bond motifs is 3. The lowest BCUT2D eigenvalue weighted by Gasteiger charge is -2.40. The van der Waals surface area contributed by atoms with Crippen molar-refractivity contribution in [3.63, 3.8) is 0 Å². The molecule has 0 bridgehead atoms. The minimum atomic E-state index is -1.14. The summed E-state index contributed by atoms with van der Waals surface area (Å²) < 4.78 is 16.9. The average Bonchev–Trinajstić information content (AvgIpc) is 3.61. The number of ether oxygens (including phenoxy) is 3. The van der Waals surface area contributed by atoms with Gasteiger partial charge in [0, 0.05) is 36.4 Å². The van der Waals surface area contributed by atoms with Crippen LogP contribution < -0.4 is 14.8 Å². The van der Waals surface area contributed by atoms with Crippen molar-refractivity contribution in [1.29, 1.82) is 0 Å². The topological polar surface area (TPSA) is 135 Å². The van der Waals surface area contributed by atoms with Crippen LogP contribution in [0.5, 0.6) is 11.5 Å². The summed E-state index contributed by atoms with van der Waals surface area (Å²) in [6.45, 7) is 2.30. The van der Waals surface area contributed by atoms with Gasteiger partial charge in [0.25, 0.3) is 0 Å². The SMILES string of the molecule is CCOCC(=O)N(CC1CC1)[C@@H]1C=C(C(=O)NCCO)[C@@H]2c3cc(C=O)cc(OC)c3O[C@@H]2[C@H]1O. The quantitative estimate of drug-likeness (QED) is 0.381. The number of aliphatic hydroxyl groups is 2. The van der Waals surface area contributed by atoms with Gasteiger partial charge in [-0.05, 0) is 43.9 Å². The maximum Gasteiger partial charge on any atom is 0.249 e. The Morgan fingerprint density at radius 1 is 1.31 bits per heavy atom. The van der Waals surface area contributed by atoms with E-state index < -0.39 is 30.1 Å². The minimum absolute atomic E-state index is 0.0429. The zero-order chi connectivity index (χ0) is 25.1. The van der Waals surface area contributed by atoms with Gasteiger partial charge in [0.15, 0.2) is 11.5 Å². The molecule has 2 amide bonds. The number of methoxy groups -OCH3 is 1. The Labute approximate surface area is 203 Å². The molecule has 1 saturated carbocycles. The molecule has 0 saturated heterocycles. The fraction of sp³-hybridized carbons (Fsp3) is 0.560. The molecule has 10 heteroatoms. The van der Waals surface area contributed by atoms with Crippen LogP contribution in [0.2, 0.25) is 0 Å². The first kappa shape index (κ1) is 25.2. The number of rotatable bonds is 11. The zero-order valence-electron chi connectivity index (χ0n) is 19.9. The predicted octanol–water partition coefficient (Wildman–Crippen LogP) is 0.405. The maximum atomic E-state index is 13.2. The van der Waals surface area contributed by atoms with Gasteiger partial charge in [-0.2, -0.15) is 0 Å². The highest BCUT2D eigenvalue weighted by Crippen LogP contribution is 2.51.